The third-order valence-electron chi connectivity index (χ3n) is 3.90. The van der Waals surface area contributed by atoms with Crippen molar-refractivity contribution in [2.24, 2.45) is 0 Å². The molecule has 2 rings (SSSR count). The molecule has 0 aliphatic heterocycles. The van der Waals surface area contributed by atoms with Gasteiger partial charge < -0.3 is 9.84 Å². The Bertz CT molecular complexity index is 539. The van der Waals surface area contributed by atoms with Crippen molar-refractivity contribution in [1.29, 1.82) is 0 Å². The van der Waals surface area contributed by atoms with Crippen LogP contribution in [0.4, 0.5) is 5.69 Å². The number of hydrogen-bond donors (Lipinski definition) is 1. The molecular formula is C15H19NO5S. The van der Waals surface area contributed by atoms with Gasteiger partial charge in [0.1, 0.15) is 5.60 Å². The second kappa shape index (κ2) is 7.11. The summed E-state index contributed by atoms with van der Waals surface area (Å²) in [6, 6.07) is 5.26. The van der Waals surface area contributed by atoms with Crippen molar-refractivity contribution in [3.8, 4) is 0 Å². The van der Waals surface area contributed by atoms with Crippen LogP contribution in [0.5, 0.6) is 0 Å². The molecule has 1 atom stereocenters. The average Bonchev–Trinajstić information content (AvgIpc) is 2.53. The number of nitro groups is 1. The number of aliphatic hydroxyl groups is 1. The first kappa shape index (κ1) is 16.8. The van der Waals surface area contributed by atoms with Crippen molar-refractivity contribution >= 4 is 23.4 Å². The molecule has 0 bridgehead atoms. The monoisotopic (exact) mass is 325 g/mol. The molecule has 0 amide bonds. The van der Waals surface area contributed by atoms with Crippen molar-refractivity contribution < 1.29 is 19.6 Å². The van der Waals surface area contributed by atoms with Gasteiger partial charge in [-0.25, -0.2) is 4.79 Å². The zero-order chi connectivity index (χ0) is 16.2. The van der Waals surface area contributed by atoms with E-state index in [9.17, 15) is 20.0 Å². The molecule has 1 aromatic carbocycles. The third-order valence-corrected chi connectivity index (χ3v) is 4.86. The summed E-state index contributed by atoms with van der Waals surface area (Å²) in [5.41, 5.74) is -1.46. The molecule has 0 radical (unpaired) electrons. The molecule has 0 saturated heterocycles. The summed E-state index contributed by atoms with van der Waals surface area (Å²) in [7, 11) is 0. The van der Waals surface area contributed by atoms with Gasteiger partial charge in [-0.1, -0.05) is 19.3 Å². The van der Waals surface area contributed by atoms with Gasteiger partial charge in [-0.15, -0.1) is 11.8 Å². The maximum atomic E-state index is 12.2. The highest BCUT2D eigenvalue weighted by atomic mass is 32.2. The summed E-state index contributed by atoms with van der Waals surface area (Å²) >= 11 is 1.31. The van der Waals surface area contributed by atoms with E-state index in [0.29, 0.717) is 12.8 Å². The normalized spacial score (nSPS) is 18.5. The fourth-order valence-corrected chi connectivity index (χ4v) is 3.52. The molecule has 0 spiro atoms. The van der Waals surface area contributed by atoms with Gasteiger partial charge in [0.2, 0.25) is 0 Å². The molecule has 1 saturated carbocycles. The van der Waals surface area contributed by atoms with Gasteiger partial charge in [-0.3, -0.25) is 10.1 Å². The van der Waals surface area contributed by atoms with Crippen LogP contribution in [0.1, 0.15) is 42.5 Å². The van der Waals surface area contributed by atoms with Gasteiger partial charge in [0, 0.05) is 12.1 Å². The molecule has 6 nitrogen and oxygen atoms in total. The largest absolute Gasteiger partial charge is 0.445 e. The Hall–Kier alpha value is -1.60. The second-order valence-electron chi connectivity index (χ2n) is 5.44. The molecule has 1 fully saturated rings. The minimum atomic E-state index is -0.992. The second-order valence-corrected chi connectivity index (χ2v) is 6.34. The summed E-state index contributed by atoms with van der Waals surface area (Å²) in [5, 5.41) is 21.3. The van der Waals surface area contributed by atoms with Crippen LogP contribution in [-0.4, -0.2) is 33.3 Å². The highest BCUT2D eigenvalue weighted by Gasteiger charge is 2.40. The average molecular weight is 325 g/mol. The smallest absolute Gasteiger partial charge is 0.339 e. The zero-order valence-corrected chi connectivity index (χ0v) is 13.2. The van der Waals surface area contributed by atoms with E-state index < -0.39 is 21.9 Å². The number of thioether (sulfide) groups is 1. The maximum absolute atomic E-state index is 12.2. The van der Waals surface area contributed by atoms with E-state index >= 15 is 0 Å². The minimum absolute atomic E-state index is 0.0797. The number of esters is 1. The van der Waals surface area contributed by atoms with Crippen molar-refractivity contribution in [2.75, 3.05) is 6.26 Å². The Kier molecular flexibility index (Phi) is 5.42. The Morgan fingerprint density at radius 1 is 1.32 bits per heavy atom. The molecule has 1 aliphatic carbocycles. The van der Waals surface area contributed by atoms with E-state index in [0.717, 1.165) is 19.3 Å². The molecule has 1 N–H and O–H groups in total. The number of ether oxygens (including phenoxy) is 1. The quantitative estimate of drug-likeness (QED) is 0.387. The first-order chi connectivity index (χ1) is 10.5. The fraction of sp³-hybridized carbons (Fsp3) is 0.533. The van der Waals surface area contributed by atoms with E-state index in [2.05, 4.69) is 0 Å². The lowest BCUT2D eigenvalue weighted by Crippen LogP contribution is -2.44. The minimum Gasteiger partial charge on any atom is -0.445 e. The summed E-state index contributed by atoms with van der Waals surface area (Å²) in [6.07, 6.45) is 5.95. The summed E-state index contributed by atoms with van der Waals surface area (Å²) in [6.45, 7) is 0. The van der Waals surface area contributed by atoms with E-state index in [1.54, 1.807) is 6.26 Å². The molecule has 22 heavy (non-hydrogen) atoms. The molecule has 1 aromatic rings. The van der Waals surface area contributed by atoms with E-state index in [4.69, 9.17) is 4.74 Å². The van der Waals surface area contributed by atoms with Crippen LogP contribution in [-0.2, 0) is 4.74 Å². The summed E-state index contributed by atoms with van der Waals surface area (Å²) in [4.78, 5) is 22.2. The zero-order valence-electron chi connectivity index (χ0n) is 12.4. The highest BCUT2D eigenvalue weighted by Crippen LogP contribution is 2.36. The van der Waals surface area contributed by atoms with Crippen LogP contribution in [0.3, 0.4) is 0 Å². The van der Waals surface area contributed by atoms with Gasteiger partial charge in [-0.05, 0) is 31.2 Å². The molecule has 0 aromatic heterocycles. The topological polar surface area (TPSA) is 89.7 Å². The molecule has 0 heterocycles. The first-order valence-electron chi connectivity index (χ1n) is 7.17. The lowest BCUT2D eigenvalue weighted by Gasteiger charge is -2.37. The Labute approximate surface area is 133 Å². The molecule has 1 unspecified atom stereocenters. The number of rotatable bonds is 5. The number of carbonyl (C=O) groups is 1. The number of hydrogen-bond acceptors (Lipinski definition) is 6. The first-order valence-corrected chi connectivity index (χ1v) is 8.46. The summed E-state index contributed by atoms with van der Waals surface area (Å²) in [5.74, 6) is -0.576. The van der Waals surface area contributed by atoms with Crippen LogP contribution in [0.25, 0.3) is 0 Å². The Morgan fingerprint density at radius 2 is 1.91 bits per heavy atom. The van der Waals surface area contributed by atoms with Gasteiger partial charge in [0.05, 0.1) is 10.5 Å². The molecule has 1 aliphatic rings. The lowest BCUT2D eigenvalue weighted by atomic mass is 9.85. The Morgan fingerprint density at radius 3 is 2.41 bits per heavy atom. The lowest BCUT2D eigenvalue weighted by molar-refractivity contribution is -0.384. The number of benzene rings is 1. The predicted octanol–water partition coefficient (Wildman–Crippen LogP) is 3.14. The third kappa shape index (κ3) is 3.78. The van der Waals surface area contributed by atoms with E-state index in [-0.39, 0.29) is 11.3 Å². The predicted molar refractivity (Wildman–Crippen MR) is 83.8 cm³/mol. The highest BCUT2D eigenvalue weighted by molar-refractivity contribution is 7.99. The van der Waals surface area contributed by atoms with Crippen molar-refractivity contribution in [2.45, 2.75) is 43.1 Å². The van der Waals surface area contributed by atoms with Gasteiger partial charge in [0.15, 0.2) is 5.44 Å². The van der Waals surface area contributed by atoms with E-state index in [1.807, 2.05) is 0 Å². The number of non-ortho nitro benzene ring substituents is 1. The van der Waals surface area contributed by atoms with Crippen LogP contribution >= 0.6 is 11.8 Å². The van der Waals surface area contributed by atoms with Crippen LogP contribution in [0.15, 0.2) is 24.3 Å². The van der Waals surface area contributed by atoms with E-state index in [1.165, 1.54) is 36.0 Å². The van der Waals surface area contributed by atoms with Crippen LogP contribution in [0, 0.1) is 10.1 Å². The SMILES string of the molecule is CSC(OC(=O)c1ccc([N+](=O)[O-])cc1)C1(O)CCCCC1. The number of nitrogens with zero attached hydrogens (tertiary/aromatic N) is 1. The number of nitro benzene ring substituents is 1. The van der Waals surface area contributed by atoms with Gasteiger partial charge in [0.25, 0.3) is 5.69 Å². The summed E-state index contributed by atoms with van der Waals surface area (Å²) < 4.78 is 5.43. The fourth-order valence-electron chi connectivity index (χ4n) is 2.66. The Balaban J connectivity index is 2.07. The van der Waals surface area contributed by atoms with Gasteiger partial charge in [-0.2, -0.15) is 0 Å². The van der Waals surface area contributed by atoms with Crippen LogP contribution < -0.4 is 0 Å². The molecule has 120 valence electrons. The van der Waals surface area contributed by atoms with Crippen molar-refractivity contribution in [1.82, 2.24) is 0 Å². The maximum Gasteiger partial charge on any atom is 0.339 e. The standard InChI is InChI=1S/C15H19NO5S/c1-22-14(15(18)9-3-2-4-10-15)21-13(17)11-5-7-12(8-6-11)16(19)20/h5-8,14,18H,2-4,9-10H2,1H3. The number of carbonyl (C=O) groups excluding carboxylic acids is 1. The van der Waals surface area contributed by atoms with Crippen molar-refractivity contribution in [3.05, 3.63) is 39.9 Å². The molecule has 7 heteroatoms. The van der Waals surface area contributed by atoms with Crippen molar-refractivity contribution in [3.63, 3.8) is 0 Å². The van der Waals surface area contributed by atoms with Gasteiger partial charge >= 0.3 is 5.97 Å². The molecular weight excluding hydrogens is 306 g/mol. The van der Waals surface area contributed by atoms with Crippen LogP contribution in [0.2, 0.25) is 0 Å².